The normalized spacial score (nSPS) is 12.3. The number of methoxy groups -OCH3 is 1. The van der Waals surface area contributed by atoms with Crippen molar-refractivity contribution in [3.8, 4) is 5.75 Å². The van der Waals surface area contributed by atoms with E-state index in [9.17, 15) is 4.79 Å². The van der Waals surface area contributed by atoms with Crippen LogP contribution in [-0.2, 0) is 9.53 Å². The van der Waals surface area contributed by atoms with E-state index in [1.54, 1.807) is 24.4 Å². The third-order valence-electron chi connectivity index (χ3n) is 2.60. The highest BCUT2D eigenvalue weighted by Crippen LogP contribution is 2.35. The van der Waals surface area contributed by atoms with E-state index in [4.69, 9.17) is 26.2 Å². The minimum Gasteiger partial charge on any atom is -0.478 e. The molecule has 1 heterocycles. The largest absolute Gasteiger partial charge is 0.478 e. The van der Waals surface area contributed by atoms with Crippen LogP contribution in [0, 0.1) is 3.57 Å². The first kappa shape index (κ1) is 15.3. The van der Waals surface area contributed by atoms with Gasteiger partial charge < -0.3 is 14.6 Å². The molecule has 0 spiro atoms. The zero-order valence-corrected chi connectivity index (χ0v) is 13.4. The Morgan fingerprint density at radius 2 is 2.35 bits per heavy atom. The van der Waals surface area contributed by atoms with Crippen LogP contribution in [0.5, 0.6) is 5.75 Å². The quantitative estimate of drug-likeness (QED) is 0.772. The van der Waals surface area contributed by atoms with Gasteiger partial charge in [-0.05, 0) is 40.8 Å². The number of pyridine rings is 1. The molecule has 0 fully saturated rings. The number of hydrogen-bond donors (Lipinski definition) is 1. The summed E-state index contributed by atoms with van der Waals surface area (Å²) in [5, 5.41) is 10.4. The van der Waals surface area contributed by atoms with Crippen molar-refractivity contribution in [1.82, 2.24) is 4.98 Å². The minimum absolute atomic E-state index is 0.0532. The molecule has 2 aromatic rings. The van der Waals surface area contributed by atoms with Crippen molar-refractivity contribution in [2.75, 3.05) is 13.7 Å². The van der Waals surface area contributed by atoms with Crippen LogP contribution < -0.4 is 4.74 Å². The molecule has 0 aliphatic carbocycles. The zero-order valence-electron chi connectivity index (χ0n) is 10.5. The predicted molar refractivity (Wildman–Crippen MR) is 83.4 cm³/mol. The van der Waals surface area contributed by atoms with E-state index in [1.807, 2.05) is 22.6 Å². The number of ether oxygens (including phenoxy) is 2. The summed E-state index contributed by atoms with van der Waals surface area (Å²) in [6, 6.07) is 5.28. The first-order chi connectivity index (χ1) is 9.54. The van der Waals surface area contributed by atoms with Gasteiger partial charge in [-0.2, -0.15) is 0 Å². The highest BCUT2D eigenvalue weighted by Gasteiger charge is 2.22. The molecule has 1 unspecified atom stereocenters. The standard InChI is InChI=1S/C13H11ClINO4/c1-19-6-10(13(17)18)20-12-9(15)5-8(14)7-3-2-4-16-11(7)12/h2-5,10H,6H2,1H3,(H,17,18). The summed E-state index contributed by atoms with van der Waals surface area (Å²) >= 11 is 8.19. The average molecular weight is 408 g/mol. The highest BCUT2D eigenvalue weighted by atomic mass is 127. The van der Waals surface area contributed by atoms with Gasteiger partial charge in [0.1, 0.15) is 5.52 Å². The topological polar surface area (TPSA) is 68.7 Å². The summed E-state index contributed by atoms with van der Waals surface area (Å²) in [6.07, 6.45) is 0.508. The van der Waals surface area contributed by atoms with E-state index in [1.165, 1.54) is 7.11 Å². The number of nitrogens with zero attached hydrogens (tertiary/aromatic N) is 1. The van der Waals surface area contributed by atoms with Gasteiger partial charge in [0.15, 0.2) is 5.75 Å². The lowest BCUT2D eigenvalue weighted by molar-refractivity contribution is -0.147. The van der Waals surface area contributed by atoms with Crippen molar-refractivity contribution in [2.45, 2.75) is 6.10 Å². The van der Waals surface area contributed by atoms with Gasteiger partial charge in [0.25, 0.3) is 0 Å². The first-order valence-corrected chi connectivity index (χ1v) is 7.11. The Balaban J connectivity index is 2.50. The number of aliphatic carboxylic acids is 1. The first-order valence-electron chi connectivity index (χ1n) is 5.65. The van der Waals surface area contributed by atoms with E-state index in [0.717, 1.165) is 0 Å². The summed E-state index contributed by atoms with van der Waals surface area (Å²) in [5.41, 5.74) is 0.534. The maximum atomic E-state index is 11.2. The van der Waals surface area contributed by atoms with Gasteiger partial charge in [0, 0.05) is 18.7 Å². The van der Waals surface area contributed by atoms with E-state index >= 15 is 0 Å². The van der Waals surface area contributed by atoms with Crippen molar-refractivity contribution in [2.24, 2.45) is 0 Å². The molecule has 0 saturated heterocycles. The molecule has 0 aliphatic heterocycles. The van der Waals surface area contributed by atoms with E-state index in [2.05, 4.69) is 4.98 Å². The lowest BCUT2D eigenvalue weighted by atomic mass is 10.2. The fourth-order valence-corrected chi connectivity index (χ4v) is 2.85. The van der Waals surface area contributed by atoms with E-state index in [0.29, 0.717) is 25.2 Å². The van der Waals surface area contributed by atoms with Crippen LogP contribution in [0.3, 0.4) is 0 Å². The predicted octanol–water partition coefficient (Wildman–Crippen LogP) is 2.97. The van der Waals surface area contributed by atoms with Gasteiger partial charge >= 0.3 is 5.97 Å². The second-order valence-electron chi connectivity index (χ2n) is 3.97. The van der Waals surface area contributed by atoms with Crippen molar-refractivity contribution < 1.29 is 19.4 Å². The maximum Gasteiger partial charge on any atom is 0.347 e. The van der Waals surface area contributed by atoms with Gasteiger partial charge in [-0.3, -0.25) is 4.98 Å². The molecule has 0 bridgehead atoms. The van der Waals surface area contributed by atoms with Gasteiger partial charge in [0.2, 0.25) is 6.10 Å². The molecule has 20 heavy (non-hydrogen) atoms. The van der Waals surface area contributed by atoms with Crippen LogP contribution in [0.15, 0.2) is 24.4 Å². The third kappa shape index (κ3) is 3.13. The van der Waals surface area contributed by atoms with E-state index in [-0.39, 0.29) is 6.61 Å². The second kappa shape index (κ2) is 6.55. The lowest BCUT2D eigenvalue weighted by Gasteiger charge is -2.17. The SMILES string of the molecule is COCC(Oc1c(I)cc(Cl)c2cccnc12)C(=O)O. The molecule has 7 heteroatoms. The van der Waals surface area contributed by atoms with Crippen LogP contribution in [0.1, 0.15) is 0 Å². The number of halogens is 2. The number of aromatic nitrogens is 1. The Labute approximate surface area is 134 Å². The fourth-order valence-electron chi connectivity index (χ4n) is 1.71. The average Bonchev–Trinajstić information content (AvgIpc) is 2.42. The van der Waals surface area contributed by atoms with Crippen molar-refractivity contribution >= 4 is 51.1 Å². The minimum atomic E-state index is -1.10. The Bertz CT molecular complexity index is 650. The molecule has 1 N–H and O–H groups in total. The molecule has 1 atom stereocenters. The Hall–Kier alpha value is -1.12. The van der Waals surface area contributed by atoms with Crippen LogP contribution in [-0.4, -0.2) is 35.9 Å². The maximum absolute atomic E-state index is 11.2. The number of carbonyl (C=O) groups is 1. The van der Waals surface area contributed by atoms with Crippen LogP contribution in [0.4, 0.5) is 0 Å². The molecule has 0 saturated carbocycles. The van der Waals surface area contributed by atoms with Crippen LogP contribution in [0.2, 0.25) is 5.02 Å². The number of benzene rings is 1. The molecule has 1 aromatic carbocycles. The Kier molecular flexibility index (Phi) is 5.00. The fraction of sp³-hybridized carbons (Fsp3) is 0.231. The third-order valence-corrected chi connectivity index (χ3v) is 3.72. The Morgan fingerprint density at radius 1 is 1.60 bits per heavy atom. The van der Waals surface area contributed by atoms with Crippen LogP contribution in [0.25, 0.3) is 10.9 Å². The molecule has 5 nitrogen and oxygen atoms in total. The molecule has 1 aromatic heterocycles. The summed E-state index contributed by atoms with van der Waals surface area (Å²) in [4.78, 5) is 15.4. The van der Waals surface area contributed by atoms with Crippen molar-refractivity contribution in [3.63, 3.8) is 0 Å². The van der Waals surface area contributed by atoms with Gasteiger partial charge in [-0.1, -0.05) is 11.6 Å². The number of carboxylic acids is 1. The molecule has 0 radical (unpaired) electrons. The molecule has 0 amide bonds. The Morgan fingerprint density at radius 3 is 3.00 bits per heavy atom. The van der Waals surface area contributed by atoms with Gasteiger partial charge in [-0.15, -0.1) is 0 Å². The van der Waals surface area contributed by atoms with Crippen molar-refractivity contribution in [1.29, 1.82) is 0 Å². The van der Waals surface area contributed by atoms with Gasteiger partial charge in [0.05, 0.1) is 15.2 Å². The molecule has 106 valence electrons. The molecular weight excluding hydrogens is 397 g/mol. The highest BCUT2D eigenvalue weighted by molar-refractivity contribution is 14.1. The van der Waals surface area contributed by atoms with Crippen LogP contribution >= 0.6 is 34.2 Å². The number of hydrogen-bond acceptors (Lipinski definition) is 4. The molecule has 2 rings (SSSR count). The summed E-state index contributed by atoms with van der Waals surface area (Å²) in [7, 11) is 1.42. The number of fused-ring (bicyclic) bond motifs is 1. The second-order valence-corrected chi connectivity index (χ2v) is 5.54. The molecular formula is C13H11ClINO4. The monoisotopic (exact) mass is 407 g/mol. The zero-order chi connectivity index (χ0) is 14.7. The van der Waals surface area contributed by atoms with E-state index < -0.39 is 12.1 Å². The number of rotatable bonds is 5. The summed E-state index contributed by atoms with van der Waals surface area (Å²) in [5.74, 6) is -0.697. The lowest BCUT2D eigenvalue weighted by Crippen LogP contribution is -2.32. The summed E-state index contributed by atoms with van der Waals surface area (Å²) < 4.78 is 11.1. The van der Waals surface area contributed by atoms with Gasteiger partial charge in [-0.25, -0.2) is 4.79 Å². The number of carboxylic acid groups (broad SMARTS) is 1. The van der Waals surface area contributed by atoms with Crippen molar-refractivity contribution in [3.05, 3.63) is 33.0 Å². The molecule has 0 aliphatic rings. The summed E-state index contributed by atoms with van der Waals surface area (Å²) in [6.45, 7) is -0.0532. The smallest absolute Gasteiger partial charge is 0.347 e.